The van der Waals surface area contributed by atoms with Gasteiger partial charge in [0.15, 0.2) is 10.8 Å². The molecule has 0 aliphatic carbocycles. The molecule has 14 heteroatoms. The molecule has 3 N–H and O–H groups in total. The number of rotatable bonds is 10. The van der Waals surface area contributed by atoms with E-state index in [1.54, 1.807) is 32.2 Å². The Balaban J connectivity index is 1.77. The Morgan fingerprint density at radius 1 is 1.32 bits per heavy atom. The van der Waals surface area contributed by atoms with E-state index in [0.29, 0.717) is 11.3 Å². The summed E-state index contributed by atoms with van der Waals surface area (Å²) in [7, 11) is 1.28. The molecule has 12 nitrogen and oxygen atoms in total. The highest BCUT2D eigenvalue weighted by molar-refractivity contribution is 8.00. The number of thiazole rings is 1. The molecule has 1 saturated heterocycles. The summed E-state index contributed by atoms with van der Waals surface area (Å²) in [5.74, 6) is -2.10. The molecule has 0 aromatic carbocycles. The predicted molar refractivity (Wildman–Crippen MR) is 143 cm³/mol. The average Bonchev–Trinajstić information content (AvgIpc) is 3.30. The number of β-lactam (4-membered cyclic amide) rings is 1. The molecule has 0 bridgehead atoms. The minimum atomic E-state index is -0.923. The van der Waals surface area contributed by atoms with Crippen molar-refractivity contribution in [2.45, 2.75) is 52.0 Å². The Kier molecular flexibility index (Phi) is 9.55. The third kappa shape index (κ3) is 6.54. The summed E-state index contributed by atoms with van der Waals surface area (Å²) in [5.41, 5.74) is 5.64. The van der Waals surface area contributed by atoms with Crippen LogP contribution >= 0.6 is 23.1 Å². The van der Waals surface area contributed by atoms with E-state index in [9.17, 15) is 19.2 Å². The van der Waals surface area contributed by atoms with Crippen molar-refractivity contribution < 1.29 is 33.5 Å². The molecule has 3 heterocycles. The maximum Gasteiger partial charge on any atom is 0.358 e. The number of hydrogen-bond donors (Lipinski definition) is 2. The number of nitrogens with one attached hydrogen (secondary N) is 1. The number of hydrogen-bond acceptors (Lipinski definition) is 12. The van der Waals surface area contributed by atoms with Crippen LogP contribution in [0.15, 0.2) is 34.0 Å². The van der Waals surface area contributed by atoms with Crippen LogP contribution in [0, 0.1) is 5.41 Å². The van der Waals surface area contributed by atoms with Gasteiger partial charge in [-0.1, -0.05) is 30.7 Å². The molecule has 0 spiro atoms. The van der Waals surface area contributed by atoms with Crippen LogP contribution in [-0.4, -0.2) is 70.4 Å². The number of esters is 2. The van der Waals surface area contributed by atoms with E-state index in [0.717, 1.165) is 24.2 Å². The van der Waals surface area contributed by atoms with Crippen molar-refractivity contribution in [3.05, 3.63) is 34.5 Å². The number of carbonyl (C=O) groups excluding carboxylic acids is 4. The molecule has 2 aliphatic heterocycles. The highest BCUT2D eigenvalue weighted by Gasteiger charge is 2.54. The smallest absolute Gasteiger partial charge is 0.358 e. The zero-order chi connectivity index (χ0) is 28.0. The molecule has 206 valence electrons. The van der Waals surface area contributed by atoms with Gasteiger partial charge in [-0.2, -0.15) is 0 Å². The number of nitrogen functional groups attached to an aromatic ring is 1. The number of nitrogens with two attached hydrogens (primary N) is 1. The van der Waals surface area contributed by atoms with Crippen LogP contribution in [0.5, 0.6) is 0 Å². The van der Waals surface area contributed by atoms with E-state index < -0.39 is 47.4 Å². The SMILES string of the molecule is CCC/C=C/C1=C(C(=O)OCOC(=O)C(C)(C)C)N2C(=O)[C@@H](NC(=O)/C(=N\OC)c3csc(N)n3)[C@@H]2SC1. The third-order valence-electron chi connectivity index (χ3n) is 5.41. The lowest BCUT2D eigenvalue weighted by Crippen LogP contribution is -2.71. The van der Waals surface area contributed by atoms with Crippen molar-refractivity contribution in [2.24, 2.45) is 10.6 Å². The summed E-state index contributed by atoms with van der Waals surface area (Å²) in [6, 6.07) is -0.923. The molecule has 0 unspecified atom stereocenters. The van der Waals surface area contributed by atoms with Crippen LogP contribution in [-0.2, 0) is 33.5 Å². The Morgan fingerprint density at radius 2 is 2.05 bits per heavy atom. The van der Waals surface area contributed by atoms with Gasteiger partial charge < -0.3 is 25.4 Å². The van der Waals surface area contributed by atoms with Crippen molar-refractivity contribution in [1.82, 2.24) is 15.2 Å². The Labute approximate surface area is 228 Å². The van der Waals surface area contributed by atoms with Crippen molar-refractivity contribution in [2.75, 3.05) is 25.4 Å². The Hall–Kier alpha value is -3.39. The molecular formula is C24H31N5O7S2. The van der Waals surface area contributed by atoms with Crippen molar-refractivity contribution in [1.29, 1.82) is 0 Å². The van der Waals surface area contributed by atoms with Crippen LogP contribution in [0.4, 0.5) is 5.13 Å². The van der Waals surface area contributed by atoms with E-state index in [-0.39, 0.29) is 22.2 Å². The second-order valence-corrected chi connectivity index (χ2v) is 11.3. The molecule has 2 aliphatic rings. The van der Waals surface area contributed by atoms with Gasteiger partial charge in [-0.3, -0.25) is 19.3 Å². The average molecular weight is 566 g/mol. The third-order valence-corrected chi connectivity index (χ3v) is 7.38. The van der Waals surface area contributed by atoms with Crippen LogP contribution < -0.4 is 11.1 Å². The van der Waals surface area contributed by atoms with Crippen LogP contribution in [0.25, 0.3) is 0 Å². The quantitative estimate of drug-likeness (QED) is 0.141. The molecule has 38 heavy (non-hydrogen) atoms. The van der Waals surface area contributed by atoms with Crippen LogP contribution in [0.2, 0.25) is 0 Å². The maximum absolute atomic E-state index is 13.2. The van der Waals surface area contributed by atoms with Gasteiger partial charge >= 0.3 is 11.9 Å². The van der Waals surface area contributed by atoms with Crippen molar-refractivity contribution in [3.63, 3.8) is 0 Å². The topological polar surface area (TPSA) is 163 Å². The number of amides is 2. The van der Waals surface area contributed by atoms with Gasteiger partial charge in [-0.15, -0.1) is 23.1 Å². The molecule has 1 aromatic rings. The number of oxime groups is 1. The fourth-order valence-corrected chi connectivity index (χ4v) is 5.34. The van der Waals surface area contributed by atoms with E-state index in [2.05, 4.69) is 15.5 Å². The van der Waals surface area contributed by atoms with Crippen molar-refractivity contribution in [3.8, 4) is 0 Å². The summed E-state index contributed by atoms with van der Waals surface area (Å²) >= 11 is 2.52. The van der Waals surface area contributed by atoms with E-state index in [1.165, 1.54) is 23.8 Å². The van der Waals surface area contributed by atoms with Gasteiger partial charge in [0.25, 0.3) is 11.8 Å². The molecule has 2 amide bonds. The molecular weight excluding hydrogens is 534 g/mol. The first-order valence-electron chi connectivity index (χ1n) is 11.8. The number of unbranched alkanes of at least 4 members (excludes halogenated alkanes) is 1. The van der Waals surface area contributed by atoms with E-state index in [4.69, 9.17) is 20.0 Å². The number of nitrogens with zero attached hydrogens (tertiary/aromatic N) is 3. The number of ether oxygens (including phenoxy) is 2. The monoisotopic (exact) mass is 565 g/mol. The number of aromatic nitrogens is 1. The molecule has 0 radical (unpaired) electrons. The predicted octanol–water partition coefficient (Wildman–Crippen LogP) is 2.18. The first kappa shape index (κ1) is 29.2. The summed E-state index contributed by atoms with van der Waals surface area (Å²) in [4.78, 5) is 61.4. The van der Waals surface area contributed by atoms with Crippen molar-refractivity contribution >= 4 is 57.7 Å². The van der Waals surface area contributed by atoms with E-state index in [1.807, 2.05) is 13.0 Å². The highest BCUT2D eigenvalue weighted by Crippen LogP contribution is 2.41. The molecule has 1 fully saturated rings. The fraction of sp³-hybridized carbons (Fsp3) is 0.500. The lowest BCUT2D eigenvalue weighted by atomic mass is 9.98. The zero-order valence-electron chi connectivity index (χ0n) is 21.8. The molecule has 3 rings (SSSR count). The fourth-order valence-electron chi connectivity index (χ4n) is 3.48. The summed E-state index contributed by atoms with van der Waals surface area (Å²) in [6.07, 6.45) is 5.41. The van der Waals surface area contributed by atoms with Gasteiger partial charge in [0.1, 0.15) is 29.9 Å². The zero-order valence-corrected chi connectivity index (χ0v) is 23.4. The number of fused-ring (bicyclic) bond motifs is 1. The molecule has 1 aromatic heterocycles. The first-order valence-corrected chi connectivity index (χ1v) is 13.7. The van der Waals surface area contributed by atoms with Gasteiger partial charge in [0.05, 0.1) is 5.41 Å². The summed E-state index contributed by atoms with van der Waals surface area (Å²) in [5, 5.41) is 7.64. The minimum Gasteiger partial charge on any atom is -0.427 e. The lowest BCUT2D eigenvalue weighted by molar-refractivity contribution is -0.173. The van der Waals surface area contributed by atoms with Gasteiger partial charge in [-0.25, -0.2) is 9.78 Å². The summed E-state index contributed by atoms with van der Waals surface area (Å²) in [6.45, 7) is 6.48. The second-order valence-electron chi connectivity index (χ2n) is 9.35. The number of thioether (sulfide) groups is 1. The second kappa shape index (κ2) is 12.4. The maximum atomic E-state index is 13.2. The number of anilines is 1. The number of carbonyl (C=O) groups is 4. The minimum absolute atomic E-state index is 0.0569. The molecule has 2 atom stereocenters. The van der Waals surface area contributed by atoms with E-state index >= 15 is 0 Å². The highest BCUT2D eigenvalue weighted by atomic mass is 32.2. The Morgan fingerprint density at radius 3 is 2.66 bits per heavy atom. The van der Waals surface area contributed by atoms with Crippen LogP contribution in [0.3, 0.4) is 0 Å². The summed E-state index contributed by atoms with van der Waals surface area (Å²) < 4.78 is 10.3. The first-order chi connectivity index (χ1) is 18.0. The normalized spacial score (nSPS) is 19.7. The van der Waals surface area contributed by atoms with Crippen LogP contribution in [0.1, 0.15) is 46.2 Å². The molecule has 0 saturated carbocycles. The van der Waals surface area contributed by atoms with Gasteiger partial charge in [0, 0.05) is 11.1 Å². The Bertz CT molecular complexity index is 1180. The number of allylic oxidation sites excluding steroid dienone is 2. The standard InChI is InChI=1S/C24H31N5O7S2/c1-6-7-8-9-13-10-37-20-16(27-18(30)15(28-34-5)14-11-38-23(25)26-14)19(31)29(20)17(13)21(32)35-12-36-22(33)24(2,3)4/h8-9,11,16,20H,6-7,10,12H2,1-5H3,(H2,25,26)(H,27,30)/b9-8+,28-15-/t16-,20+/m1/s1. The van der Waals surface area contributed by atoms with Gasteiger partial charge in [-0.05, 0) is 32.8 Å². The lowest BCUT2D eigenvalue weighted by Gasteiger charge is -2.49. The van der Waals surface area contributed by atoms with Gasteiger partial charge in [0.2, 0.25) is 6.79 Å². The largest absolute Gasteiger partial charge is 0.427 e.